The standard InChI is InChI=1S/C7H10O2/c1-6(2)5-7-8-3-4-9-7/h3-4,7H,1,5H2,2H3. The molecule has 0 fully saturated rings. The van der Waals surface area contributed by atoms with E-state index >= 15 is 0 Å². The molecule has 50 valence electrons. The summed E-state index contributed by atoms with van der Waals surface area (Å²) in [6.45, 7) is 5.68. The van der Waals surface area contributed by atoms with Crippen molar-refractivity contribution in [2.24, 2.45) is 0 Å². The second-order valence-corrected chi connectivity index (χ2v) is 2.14. The van der Waals surface area contributed by atoms with Crippen molar-refractivity contribution in [3.63, 3.8) is 0 Å². The molecule has 2 heteroatoms. The highest BCUT2D eigenvalue weighted by Gasteiger charge is 2.10. The lowest BCUT2D eigenvalue weighted by Gasteiger charge is -2.08. The molecule has 0 atom stereocenters. The second kappa shape index (κ2) is 2.58. The number of hydrogen-bond acceptors (Lipinski definition) is 2. The van der Waals surface area contributed by atoms with Crippen LogP contribution in [0, 0.1) is 0 Å². The zero-order valence-corrected chi connectivity index (χ0v) is 5.46. The lowest BCUT2D eigenvalue weighted by molar-refractivity contribution is -0.0207. The third-order valence-electron chi connectivity index (χ3n) is 1.03. The van der Waals surface area contributed by atoms with E-state index in [9.17, 15) is 0 Å². The zero-order chi connectivity index (χ0) is 6.69. The molecule has 9 heavy (non-hydrogen) atoms. The van der Waals surface area contributed by atoms with Gasteiger partial charge in [0.05, 0.1) is 0 Å². The van der Waals surface area contributed by atoms with E-state index in [1.165, 1.54) is 0 Å². The summed E-state index contributed by atoms with van der Waals surface area (Å²) < 4.78 is 10.0. The van der Waals surface area contributed by atoms with Crippen molar-refractivity contribution in [1.29, 1.82) is 0 Å². The van der Waals surface area contributed by atoms with Gasteiger partial charge in [-0.25, -0.2) is 0 Å². The van der Waals surface area contributed by atoms with E-state index in [2.05, 4.69) is 6.58 Å². The van der Waals surface area contributed by atoms with E-state index in [1.54, 1.807) is 12.5 Å². The highest BCUT2D eigenvalue weighted by atomic mass is 16.7. The Balaban J connectivity index is 2.22. The molecule has 0 amide bonds. The van der Waals surface area contributed by atoms with Crippen molar-refractivity contribution in [3.05, 3.63) is 24.7 Å². The van der Waals surface area contributed by atoms with Crippen molar-refractivity contribution in [1.82, 2.24) is 0 Å². The van der Waals surface area contributed by atoms with Gasteiger partial charge in [0, 0.05) is 6.42 Å². The first-order chi connectivity index (χ1) is 4.29. The summed E-state index contributed by atoms with van der Waals surface area (Å²) in [4.78, 5) is 0. The molecule has 0 aliphatic carbocycles. The minimum absolute atomic E-state index is 0.123. The van der Waals surface area contributed by atoms with E-state index in [0.717, 1.165) is 12.0 Å². The molecular formula is C7H10O2. The molecule has 0 bridgehead atoms. The third-order valence-corrected chi connectivity index (χ3v) is 1.03. The van der Waals surface area contributed by atoms with E-state index in [4.69, 9.17) is 9.47 Å². The fraction of sp³-hybridized carbons (Fsp3) is 0.429. The Morgan fingerprint density at radius 1 is 1.56 bits per heavy atom. The van der Waals surface area contributed by atoms with Gasteiger partial charge >= 0.3 is 0 Å². The smallest absolute Gasteiger partial charge is 0.243 e. The molecule has 1 aliphatic heterocycles. The monoisotopic (exact) mass is 126 g/mol. The molecule has 0 saturated carbocycles. The Morgan fingerprint density at radius 3 is 2.56 bits per heavy atom. The maximum atomic E-state index is 5.00. The molecule has 0 spiro atoms. The van der Waals surface area contributed by atoms with Crippen LogP contribution in [0.4, 0.5) is 0 Å². The van der Waals surface area contributed by atoms with Crippen molar-refractivity contribution in [2.45, 2.75) is 19.6 Å². The van der Waals surface area contributed by atoms with Crippen molar-refractivity contribution < 1.29 is 9.47 Å². The lowest BCUT2D eigenvalue weighted by Crippen LogP contribution is -2.06. The van der Waals surface area contributed by atoms with Gasteiger partial charge in [-0.1, -0.05) is 12.2 Å². The zero-order valence-electron chi connectivity index (χ0n) is 5.46. The minimum atomic E-state index is -0.123. The average Bonchev–Trinajstić information content (AvgIpc) is 2.15. The summed E-state index contributed by atoms with van der Waals surface area (Å²) in [6, 6.07) is 0. The van der Waals surface area contributed by atoms with Crippen LogP contribution in [0.15, 0.2) is 24.7 Å². The molecule has 1 heterocycles. The minimum Gasteiger partial charge on any atom is -0.459 e. The number of ether oxygens (including phenoxy) is 2. The van der Waals surface area contributed by atoms with Crippen molar-refractivity contribution in [3.8, 4) is 0 Å². The molecule has 0 N–H and O–H groups in total. The molecule has 0 aromatic carbocycles. The van der Waals surface area contributed by atoms with Gasteiger partial charge in [-0.3, -0.25) is 0 Å². The Kier molecular flexibility index (Phi) is 1.78. The van der Waals surface area contributed by atoms with E-state index in [0.29, 0.717) is 0 Å². The summed E-state index contributed by atoms with van der Waals surface area (Å²) in [7, 11) is 0. The maximum absolute atomic E-state index is 5.00. The van der Waals surface area contributed by atoms with Crippen molar-refractivity contribution >= 4 is 0 Å². The Bertz CT molecular complexity index is 130. The van der Waals surface area contributed by atoms with Gasteiger partial charge in [0.1, 0.15) is 12.5 Å². The average molecular weight is 126 g/mol. The van der Waals surface area contributed by atoms with Crippen LogP contribution in [0.5, 0.6) is 0 Å². The predicted octanol–water partition coefficient (Wildman–Crippen LogP) is 1.80. The molecule has 0 aromatic rings. The van der Waals surface area contributed by atoms with Crippen LogP contribution < -0.4 is 0 Å². The number of hydrogen-bond donors (Lipinski definition) is 0. The summed E-state index contributed by atoms with van der Waals surface area (Å²) in [5.74, 6) is 0. The molecule has 0 saturated heterocycles. The van der Waals surface area contributed by atoms with Crippen LogP contribution in [0.2, 0.25) is 0 Å². The van der Waals surface area contributed by atoms with Crippen LogP contribution in [-0.4, -0.2) is 6.29 Å². The maximum Gasteiger partial charge on any atom is 0.243 e. The van der Waals surface area contributed by atoms with Gasteiger partial charge in [-0.05, 0) is 6.92 Å². The highest BCUT2D eigenvalue weighted by Crippen LogP contribution is 2.12. The Labute approximate surface area is 54.8 Å². The summed E-state index contributed by atoms with van der Waals surface area (Å²) in [5.41, 5.74) is 1.07. The van der Waals surface area contributed by atoms with Gasteiger partial charge in [0.25, 0.3) is 0 Å². The van der Waals surface area contributed by atoms with Crippen LogP contribution >= 0.6 is 0 Å². The van der Waals surface area contributed by atoms with Crippen LogP contribution in [0.3, 0.4) is 0 Å². The molecular weight excluding hydrogens is 116 g/mol. The predicted molar refractivity (Wildman–Crippen MR) is 34.5 cm³/mol. The fourth-order valence-electron chi connectivity index (χ4n) is 0.652. The fourth-order valence-corrected chi connectivity index (χ4v) is 0.652. The SMILES string of the molecule is C=C(C)CC1OC=CO1. The summed E-state index contributed by atoms with van der Waals surface area (Å²) in [5, 5.41) is 0. The van der Waals surface area contributed by atoms with Crippen LogP contribution in [0.25, 0.3) is 0 Å². The van der Waals surface area contributed by atoms with Gasteiger partial charge in [-0.15, -0.1) is 0 Å². The Morgan fingerprint density at radius 2 is 2.11 bits per heavy atom. The first-order valence-corrected chi connectivity index (χ1v) is 2.89. The molecule has 1 rings (SSSR count). The molecule has 2 nitrogen and oxygen atoms in total. The largest absolute Gasteiger partial charge is 0.459 e. The van der Waals surface area contributed by atoms with E-state index < -0.39 is 0 Å². The van der Waals surface area contributed by atoms with Gasteiger partial charge in [-0.2, -0.15) is 0 Å². The van der Waals surface area contributed by atoms with Gasteiger partial charge < -0.3 is 9.47 Å². The first-order valence-electron chi connectivity index (χ1n) is 2.89. The van der Waals surface area contributed by atoms with Gasteiger partial charge in [0.2, 0.25) is 6.29 Å². The summed E-state index contributed by atoms with van der Waals surface area (Å²) >= 11 is 0. The highest BCUT2D eigenvalue weighted by molar-refractivity contribution is 4.90. The normalized spacial score (nSPS) is 17.0. The molecule has 0 aromatic heterocycles. The number of rotatable bonds is 2. The molecule has 1 aliphatic rings. The second-order valence-electron chi connectivity index (χ2n) is 2.14. The lowest BCUT2D eigenvalue weighted by atomic mass is 10.2. The van der Waals surface area contributed by atoms with Gasteiger partial charge in [0.15, 0.2) is 0 Å². The van der Waals surface area contributed by atoms with Crippen LogP contribution in [-0.2, 0) is 9.47 Å². The first kappa shape index (κ1) is 6.20. The van der Waals surface area contributed by atoms with E-state index in [-0.39, 0.29) is 6.29 Å². The van der Waals surface area contributed by atoms with Crippen LogP contribution in [0.1, 0.15) is 13.3 Å². The quantitative estimate of drug-likeness (QED) is 0.525. The van der Waals surface area contributed by atoms with E-state index in [1.807, 2.05) is 6.92 Å². The molecule has 0 radical (unpaired) electrons. The topological polar surface area (TPSA) is 18.5 Å². The summed E-state index contributed by atoms with van der Waals surface area (Å²) in [6.07, 6.45) is 3.75. The third kappa shape index (κ3) is 1.80. The molecule has 0 unspecified atom stereocenters. The van der Waals surface area contributed by atoms with Crippen molar-refractivity contribution in [2.75, 3.05) is 0 Å². The Hall–Kier alpha value is -0.920.